The second-order valence-electron chi connectivity index (χ2n) is 2.69. The molecular weight excluding hydrogens is 288 g/mol. The van der Waals surface area contributed by atoms with E-state index in [4.69, 9.17) is 11.6 Å². The monoisotopic (exact) mass is 296 g/mol. The van der Waals surface area contributed by atoms with Crippen molar-refractivity contribution < 1.29 is 4.21 Å². The Labute approximate surface area is 98.8 Å². The molecule has 1 rings (SSSR count). The van der Waals surface area contributed by atoms with Gasteiger partial charge in [0.25, 0.3) is 0 Å². The van der Waals surface area contributed by atoms with Crippen molar-refractivity contribution in [2.45, 2.75) is 0 Å². The predicted octanol–water partition coefficient (Wildman–Crippen LogP) is 2.29. The summed E-state index contributed by atoms with van der Waals surface area (Å²) in [5.74, 6) is 1.33. The summed E-state index contributed by atoms with van der Waals surface area (Å²) in [5.41, 5.74) is 0. The van der Waals surface area contributed by atoms with Crippen molar-refractivity contribution >= 4 is 44.1 Å². The molecule has 0 saturated carbocycles. The molecule has 0 aliphatic carbocycles. The molecule has 3 nitrogen and oxygen atoms in total. The summed E-state index contributed by atoms with van der Waals surface area (Å²) in [6, 6.07) is 1.76. The van der Waals surface area contributed by atoms with E-state index in [0.717, 1.165) is 10.3 Å². The van der Waals surface area contributed by atoms with Crippen molar-refractivity contribution in [1.29, 1.82) is 0 Å². The molecule has 1 aromatic heterocycles. The molecule has 0 bridgehead atoms. The predicted molar refractivity (Wildman–Crippen MR) is 64.4 cm³/mol. The lowest BCUT2D eigenvalue weighted by Gasteiger charge is -2.06. The Morgan fingerprint density at radius 2 is 2.43 bits per heavy atom. The summed E-state index contributed by atoms with van der Waals surface area (Å²) >= 11 is 9.06. The van der Waals surface area contributed by atoms with Crippen molar-refractivity contribution in [3.05, 3.63) is 21.8 Å². The van der Waals surface area contributed by atoms with E-state index in [0.29, 0.717) is 17.3 Å². The van der Waals surface area contributed by atoms with Crippen LogP contribution >= 0.6 is 27.5 Å². The molecule has 0 amide bonds. The van der Waals surface area contributed by atoms with Crippen molar-refractivity contribution in [3.63, 3.8) is 0 Å². The summed E-state index contributed by atoms with van der Waals surface area (Å²) in [5, 5.41) is 3.65. The molecule has 1 N–H and O–H groups in total. The van der Waals surface area contributed by atoms with E-state index >= 15 is 0 Å². The molecule has 1 aromatic rings. The number of nitrogens with one attached hydrogen (secondary N) is 1. The lowest BCUT2D eigenvalue weighted by Crippen LogP contribution is -2.11. The van der Waals surface area contributed by atoms with Gasteiger partial charge in [0.1, 0.15) is 5.82 Å². The zero-order chi connectivity index (χ0) is 10.6. The van der Waals surface area contributed by atoms with Crippen molar-refractivity contribution in [1.82, 2.24) is 4.98 Å². The van der Waals surface area contributed by atoms with Gasteiger partial charge in [-0.05, 0) is 22.0 Å². The Morgan fingerprint density at radius 1 is 1.71 bits per heavy atom. The van der Waals surface area contributed by atoms with Crippen LogP contribution in [0, 0.1) is 0 Å². The standard InChI is InChI=1S/C8H10BrClN2OS/c1-14(13)3-2-11-8-7(9)4-6(10)5-12-8/h4-5H,2-3H2,1H3,(H,11,12). The van der Waals surface area contributed by atoms with E-state index in [1.165, 1.54) is 0 Å². The highest BCUT2D eigenvalue weighted by Gasteiger charge is 2.01. The Bertz CT molecular complexity index is 348. The summed E-state index contributed by atoms with van der Waals surface area (Å²) in [4.78, 5) is 4.09. The molecule has 0 aliphatic heterocycles. The van der Waals surface area contributed by atoms with Gasteiger partial charge < -0.3 is 5.32 Å². The van der Waals surface area contributed by atoms with Crippen LogP contribution in [0.3, 0.4) is 0 Å². The third-order valence-corrected chi connectivity index (χ3v) is 3.08. The van der Waals surface area contributed by atoms with Gasteiger partial charge in [-0.1, -0.05) is 11.6 Å². The average molecular weight is 298 g/mol. The molecule has 0 fully saturated rings. The average Bonchev–Trinajstić information content (AvgIpc) is 2.08. The number of pyridine rings is 1. The highest BCUT2D eigenvalue weighted by Crippen LogP contribution is 2.22. The lowest BCUT2D eigenvalue weighted by atomic mass is 10.4. The van der Waals surface area contributed by atoms with Crippen LogP contribution in [-0.2, 0) is 10.8 Å². The van der Waals surface area contributed by atoms with Crippen molar-refractivity contribution in [2.24, 2.45) is 0 Å². The van der Waals surface area contributed by atoms with Crippen LogP contribution in [0.1, 0.15) is 0 Å². The molecule has 0 aliphatic rings. The first-order chi connectivity index (χ1) is 6.59. The van der Waals surface area contributed by atoms with Crippen LogP contribution in [0.5, 0.6) is 0 Å². The molecule has 1 atom stereocenters. The molecule has 6 heteroatoms. The molecule has 0 saturated heterocycles. The first-order valence-electron chi connectivity index (χ1n) is 3.94. The van der Waals surface area contributed by atoms with Gasteiger partial charge in [-0.2, -0.15) is 0 Å². The minimum absolute atomic E-state index is 0.585. The van der Waals surface area contributed by atoms with E-state index in [1.807, 2.05) is 0 Å². The van der Waals surface area contributed by atoms with Gasteiger partial charge in [0, 0.05) is 35.5 Å². The van der Waals surface area contributed by atoms with Crippen molar-refractivity contribution in [3.8, 4) is 0 Å². The third-order valence-electron chi connectivity index (χ3n) is 1.49. The summed E-state index contributed by atoms with van der Waals surface area (Å²) in [6.07, 6.45) is 3.24. The van der Waals surface area contributed by atoms with E-state index < -0.39 is 10.8 Å². The van der Waals surface area contributed by atoms with Gasteiger partial charge in [-0.3, -0.25) is 4.21 Å². The fourth-order valence-corrected chi connectivity index (χ4v) is 2.03. The largest absolute Gasteiger partial charge is 0.368 e. The van der Waals surface area contributed by atoms with Gasteiger partial charge in [0.2, 0.25) is 0 Å². The van der Waals surface area contributed by atoms with Gasteiger partial charge in [0.05, 0.1) is 9.50 Å². The molecular formula is C8H10BrClN2OS. The number of anilines is 1. The van der Waals surface area contributed by atoms with Crippen LogP contribution in [0.2, 0.25) is 5.02 Å². The number of hydrogen-bond donors (Lipinski definition) is 1. The zero-order valence-corrected chi connectivity index (χ0v) is 10.7. The van der Waals surface area contributed by atoms with Crippen molar-refractivity contribution in [2.75, 3.05) is 23.9 Å². The topological polar surface area (TPSA) is 42.0 Å². The molecule has 14 heavy (non-hydrogen) atoms. The molecule has 0 aromatic carbocycles. The van der Waals surface area contributed by atoms with Crippen LogP contribution in [0.25, 0.3) is 0 Å². The van der Waals surface area contributed by atoms with Crippen LogP contribution in [0.4, 0.5) is 5.82 Å². The van der Waals surface area contributed by atoms with E-state index in [9.17, 15) is 4.21 Å². The van der Waals surface area contributed by atoms with Gasteiger partial charge in [-0.15, -0.1) is 0 Å². The number of halogens is 2. The number of nitrogens with zero attached hydrogens (tertiary/aromatic N) is 1. The van der Waals surface area contributed by atoms with Crippen LogP contribution < -0.4 is 5.32 Å². The maximum atomic E-state index is 10.8. The minimum Gasteiger partial charge on any atom is -0.368 e. The summed E-state index contributed by atoms with van der Waals surface area (Å²) in [6.45, 7) is 0.635. The summed E-state index contributed by atoms with van der Waals surface area (Å²) < 4.78 is 11.6. The Morgan fingerprint density at radius 3 is 3.00 bits per heavy atom. The highest BCUT2D eigenvalue weighted by atomic mass is 79.9. The molecule has 0 spiro atoms. The van der Waals surface area contributed by atoms with E-state index in [2.05, 4.69) is 26.2 Å². The fourth-order valence-electron chi connectivity index (χ4n) is 0.858. The molecule has 78 valence electrons. The summed E-state index contributed by atoms with van der Waals surface area (Å²) in [7, 11) is -0.782. The maximum absolute atomic E-state index is 10.8. The highest BCUT2D eigenvalue weighted by molar-refractivity contribution is 9.10. The minimum atomic E-state index is -0.782. The Hall–Kier alpha value is -0.130. The zero-order valence-electron chi connectivity index (χ0n) is 7.59. The second kappa shape index (κ2) is 5.68. The molecule has 1 unspecified atom stereocenters. The normalized spacial score (nSPS) is 12.5. The first kappa shape index (κ1) is 11.9. The van der Waals surface area contributed by atoms with Crippen LogP contribution in [0.15, 0.2) is 16.7 Å². The Kier molecular flexibility index (Phi) is 4.84. The first-order valence-corrected chi connectivity index (χ1v) is 6.84. The third kappa shape index (κ3) is 3.94. The number of rotatable bonds is 4. The van der Waals surface area contributed by atoms with Gasteiger partial charge in [-0.25, -0.2) is 4.98 Å². The molecule has 1 heterocycles. The smallest absolute Gasteiger partial charge is 0.140 e. The van der Waals surface area contributed by atoms with E-state index in [1.54, 1.807) is 18.5 Å². The van der Waals surface area contributed by atoms with Gasteiger partial charge in [0.15, 0.2) is 0 Å². The number of aromatic nitrogens is 1. The maximum Gasteiger partial charge on any atom is 0.140 e. The van der Waals surface area contributed by atoms with Gasteiger partial charge >= 0.3 is 0 Å². The quantitative estimate of drug-likeness (QED) is 0.927. The van der Waals surface area contributed by atoms with E-state index in [-0.39, 0.29) is 0 Å². The second-order valence-corrected chi connectivity index (χ2v) is 5.53. The van der Waals surface area contributed by atoms with Crippen LogP contribution in [-0.4, -0.2) is 27.7 Å². The fraction of sp³-hybridized carbons (Fsp3) is 0.375. The Balaban J connectivity index is 2.55. The SMILES string of the molecule is CS(=O)CCNc1ncc(Cl)cc1Br. The number of hydrogen-bond acceptors (Lipinski definition) is 3. The molecule has 0 radical (unpaired) electrons. The lowest BCUT2D eigenvalue weighted by molar-refractivity contribution is 0.687.